The van der Waals surface area contributed by atoms with Crippen LogP contribution in [-0.4, -0.2) is 15.0 Å². The minimum Gasteiger partial charge on any atom is -0.266 e. The van der Waals surface area contributed by atoms with Crippen LogP contribution in [-0.2, 0) is 16.4 Å². The molecule has 1 aliphatic rings. The number of sulfonamides is 1. The Hall–Kier alpha value is -1.81. The van der Waals surface area contributed by atoms with Crippen LogP contribution >= 0.6 is 0 Å². The Morgan fingerprint density at radius 3 is 2.41 bits per heavy atom. The first kappa shape index (κ1) is 15.1. The second-order valence-corrected chi connectivity index (χ2v) is 7.69. The number of hydrogen-bond donors (Lipinski definition) is 0. The van der Waals surface area contributed by atoms with E-state index in [0.29, 0.717) is 11.4 Å². The summed E-state index contributed by atoms with van der Waals surface area (Å²) in [6, 6.07) is 15.0. The number of anilines is 1. The first-order valence-corrected chi connectivity index (χ1v) is 9.20. The van der Waals surface area contributed by atoms with Crippen LogP contribution in [0.4, 0.5) is 5.69 Å². The first-order chi connectivity index (χ1) is 10.6. The fraction of sp³-hybridized carbons (Fsp3) is 0.333. The second-order valence-electron chi connectivity index (χ2n) is 5.83. The number of nitrogens with zero attached hydrogens (tertiary/aromatic N) is 1. The van der Waals surface area contributed by atoms with Gasteiger partial charge in [0.2, 0.25) is 0 Å². The van der Waals surface area contributed by atoms with Crippen molar-refractivity contribution in [2.24, 2.45) is 0 Å². The molecule has 116 valence electrons. The second kappa shape index (κ2) is 6.13. The molecule has 0 amide bonds. The molecule has 3 rings (SSSR count). The van der Waals surface area contributed by atoms with E-state index in [0.717, 1.165) is 42.5 Å². The lowest BCUT2D eigenvalue weighted by Gasteiger charge is -2.28. The van der Waals surface area contributed by atoms with Crippen molar-refractivity contribution >= 4 is 15.7 Å². The van der Waals surface area contributed by atoms with Crippen molar-refractivity contribution in [3.63, 3.8) is 0 Å². The van der Waals surface area contributed by atoms with Gasteiger partial charge in [0.05, 0.1) is 10.6 Å². The van der Waals surface area contributed by atoms with Gasteiger partial charge in [-0.25, -0.2) is 8.42 Å². The fourth-order valence-corrected chi connectivity index (χ4v) is 4.46. The zero-order valence-corrected chi connectivity index (χ0v) is 13.6. The summed E-state index contributed by atoms with van der Waals surface area (Å²) >= 11 is 0. The SMILES string of the molecule is Cc1ccc(S(=O)(=O)N2CCCCCc3ccccc32)cc1. The monoisotopic (exact) mass is 315 g/mol. The number of rotatable bonds is 2. The van der Waals surface area contributed by atoms with Crippen LogP contribution in [0.25, 0.3) is 0 Å². The number of benzene rings is 2. The zero-order chi connectivity index (χ0) is 15.6. The molecule has 4 heteroatoms. The van der Waals surface area contributed by atoms with Crippen LogP contribution in [0.1, 0.15) is 30.4 Å². The summed E-state index contributed by atoms with van der Waals surface area (Å²) in [5, 5.41) is 0. The Balaban J connectivity index is 2.07. The van der Waals surface area contributed by atoms with Crippen molar-refractivity contribution in [3.8, 4) is 0 Å². The molecule has 2 aromatic carbocycles. The highest BCUT2D eigenvalue weighted by Gasteiger charge is 2.27. The Bertz CT molecular complexity index is 751. The van der Waals surface area contributed by atoms with Gasteiger partial charge in [-0.1, -0.05) is 42.3 Å². The zero-order valence-electron chi connectivity index (χ0n) is 12.8. The average molecular weight is 315 g/mol. The highest BCUT2D eigenvalue weighted by atomic mass is 32.2. The Labute approximate surface area is 132 Å². The van der Waals surface area contributed by atoms with Gasteiger partial charge in [0.25, 0.3) is 10.0 Å². The standard InChI is InChI=1S/C18H21NO2S/c1-15-10-12-17(13-11-15)22(20,21)19-14-6-2-3-7-16-8-4-5-9-18(16)19/h4-5,8-13H,2-3,6-7,14H2,1H3. The molecule has 22 heavy (non-hydrogen) atoms. The molecular formula is C18H21NO2S. The highest BCUT2D eigenvalue weighted by molar-refractivity contribution is 7.92. The van der Waals surface area contributed by atoms with Crippen LogP contribution in [0.15, 0.2) is 53.4 Å². The van der Waals surface area contributed by atoms with Crippen molar-refractivity contribution in [1.29, 1.82) is 0 Å². The summed E-state index contributed by atoms with van der Waals surface area (Å²) in [5.41, 5.74) is 3.02. The average Bonchev–Trinajstić information content (AvgIpc) is 2.48. The minimum absolute atomic E-state index is 0.369. The van der Waals surface area contributed by atoms with Crippen LogP contribution in [0.2, 0.25) is 0 Å². The molecule has 3 nitrogen and oxygen atoms in total. The minimum atomic E-state index is -3.50. The van der Waals surface area contributed by atoms with E-state index in [9.17, 15) is 8.42 Å². The molecule has 0 bridgehead atoms. The van der Waals surface area contributed by atoms with E-state index < -0.39 is 10.0 Å². The predicted molar refractivity (Wildman–Crippen MR) is 89.7 cm³/mol. The maximum atomic E-state index is 13.1. The van der Waals surface area contributed by atoms with Crippen LogP contribution in [0, 0.1) is 6.92 Å². The van der Waals surface area contributed by atoms with Crippen molar-refractivity contribution < 1.29 is 8.42 Å². The van der Waals surface area contributed by atoms with E-state index in [4.69, 9.17) is 0 Å². The molecule has 0 unspecified atom stereocenters. The van der Waals surface area contributed by atoms with Crippen LogP contribution in [0.3, 0.4) is 0 Å². The molecule has 0 radical (unpaired) electrons. The lowest BCUT2D eigenvalue weighted by Crippen LogP contribution is -2.33. The smallest absolute Gasteiger partial charge is 0.264 e. The predicted octanol–water partition coefficient (Wildman–Crippen LogP) is 3.92. The third kappa shape index (κ3) is 2.88. The van der Waals surface area contributed by atoms with Gasteiger partial charge in [-0.15, -0.1) is 0 Å². The molecule has 1 heterocycles. The quantitative estimate of drug-likeness (QED) is 0.842. The molecule has 1 aliphatic heterocycles. The maximum Gasteiger partial charge on any atom is 0.264 e. The summed E-state index contributed by atoms with van der Waals surface area (Å²) in [6.45, 7) is 2.51. The summed E-state index contributed by atoms with van der Waals surface area (Å²) in [4.78, 5) is 0.369. The lowest BCUT2D eigenvalue weighted by atomic mass is 10.0. The first-order valence-electron chi connectivity index (χ1n) is 7.76. The van der Waals surface area contributed by atoms with Crippen LogP contribution < -0.4 is 4.31 Å². The normalized spacial score (nSPS) is 15.8. The lowest BCUT2D eigenvalue weighted by molar-refractivity contribution is 0.583. The topological polar surface area (TPSA) is 37.4 Å². The highest BCUT2D eigenvalue weighted by Crippen LogP contribution is 2.30. The Morgan fingerprint density at radius 1 is 0.909 bits per heavy atom. The van der Waals surface area contributed by atoms with E-state index in [1.807, 2.05) is 43.3 Å². The van der Waals surface area contributed by atoms with E-state index in [-0.39, 0.29) is 0 Å². The maximum absolute atomic E-state index is 13.1. The molecule has 0 aliphatic carbocycles. The third-order valence-electron chi connectivity index (χ3n) is 4.18. The van der Waals surface area contributed by atoms with Crippen molar-refractivity contribution in [2.75, 3.05) is 10.8 Å². The summed E-state index contributed by atoms with van der Waals surface area (Å²) in [7, 11) is -3.50. The number of para-hydroxylation sites is 1. The number of fused-ring (bicyclic) bond motifs is 1. The van der Waals surface area contributed by atoms with Gasteiger partial charge >= 0.3 is 0 Å². The van der Waals surface area contributed by atoms with E-state index >= 15 is 0 Å². The van der Waals surface area contributed by atoms with Gasteiger partial charge in [-0.3, -0.25) is 4.31 Å². The number of hydrogen-bond acceptors (Lipinski definition) is 2. The Morgan fingerprint density at radius 2 is 1.64 bits per heavy atom. The number of aryl methyl sites for hydroxylation is 2. The molecule has 0 saturated carbocycles. The van der Waals surface area contributed by atoms with E-state index in [1.54, 1.807) is 16.4 Å². The molecule has 0 atom stereocenters. The van der Waals surface area contributed by atoms with Gasteiger partial charge in [0.1, 0.15) is 0 Å². The largest absolute Gasteiger partial charge is 0.266 e. The van der Waals surface area contributed by atoms with Crippen molar-refractivity contribution in [2.45, 2.75) is 37.5 Å². The van der Waals surface area contributed by atoms with Crippen molar-refractivity contribution in [1.82, 2.24) is 0 Å². The van der Waals surface area contributed by atoms with Crippen molar-refractivity contribution in [3.05, 3.63) is 59.7 Å². The Kier molecular flexibility index (Phi) is 4.21. The molecule has 0 spiro atoms. The third-order valence-corrected chi connectivity index (χ3v) is 6.00. The summed E-state index contributed by atoms with van der Waals surface area (Å²) < 4.78 is 27.7. The van der Waals surface area contributed by atoms with Gasteiger partial charge in [0, 0.05) is 6.54 Å². The molecule has 0 N–H and O–H groups in total. The molecule has 0 saturated heterocycles. The summed E-state index contributed by atoms with van der Waals surface area (Å²) in [5.74, 6) is 0. The molecule has 0 fully saturated rings. The van der Waals surface area contributed by atoms with Gasteiger partial charge in [-0.2, -0.15) is 0 Å². The van der Waals surface area contributed by atoms with Crippen LogP contribution in [0.5, 0.6) is 0 Å². The van der Waals surface area contributed by atoms with E-state index in [2.05, 4.69) is 0 Å². The van der Waals surface area contributed by atoms with Gasteiger partial charge < -0.3 is 0 Å². The molecule has 2 aromatic rings. The van der Waals surface area contributed by atoms with E-state index in [1.165, 1.54) is 0 Å². The fourth-order valence-electron chi connectivity index (χ4n) is 2.92. The van der Waals surface area contributed by atoms with Gasteiger partial charge in [0.15, 0.2) is 0 Å². The molecular weight excluding hydrogens is 294 g/mol. The van der Waals surface area contributed by atoms with Gasteiger partial charge in [-0.05, 0) is 49.9 Å². The summed E-state index contributed by atoms with van der Waals surface area (Å²) in [6.07, 6.45) is 4.03. The molecule has 0 aromatic heterocycles.